The van der Waals surface area contributed by atoms with Crippen molar-refractivity contribution in [2.24, 2.45) is 0 Å². The van der Waals surface area contributed by atoms with Gasteiger partial charge in [0.05, 0.1) is 18.5 Å². The fourth-order valence-corrected chi connectivity index (χ4v) is 2.37. The first kappa shape index (κ1) is 17.2. The zero-order valence-corrected chi connectivity index (χ0v) is 14.1. The lowest BCUT2D eigenvalue weighted by molar-refractivity contribution is -0.111. The van der Waals surface area contributed by atoms with Crippen LogP contribution in [0, 0.1) is 0 Å². The van der Waals surface area contributed by atoms with E-state index in [1.807, 2.05) is 42.5 Å². The normalized spacial score (nSPS) is 10.7. The van der Waals surface area contributed by atoms with E-state index in [4.69, 9.17) is 4.74 Å². The molecule has 6 nitrogen and oxygen atoms in total. The maximum Gasteiger partial charge on any atom is 0.264 e. The number of carbonyl (C=O) groups excluding carboxylic acids is 1. The van der Waals surface area contributed by atoms with Gasteiger partial charge in [0, 0.05) is 17.7 Å². The first-order valence-corrected chi connectivity index (χ1v) is 7.94. The summed E-state index contributed by atoms with van der Waals surface area (Å²) >= 11 is 0. The van der Waals surface area contributed by atoms with E-state index in [-0.39, 0.29) is 11.5 Å². The third-order valence-electron chi connectivity index (χ3n) is 3.68. The number of hydrogen-bond donors (Lipinski definition) is 2. The summed E-state index contributed by atoms with van der Waals surface area (Å²) in [5.74, 6) is 0.492. The van der Waals surface area contributed by atoms with E-state index < -0.39 is 0 Å². The quantitative estimate of drug-likeness (QED) is 0.695. The molecule has 26 heavy (non-hydrogen) atoms. The molecule has 6 heteroatoms. The number of benzene rings is 2. The average Bonchev–Trinajstić information content (AvgIpc) is 2.68. The van der Waals surface area contributed by atoms with E-state index in [1.165, 1.54) is 12.1 Å². The van der Waals surface area contributed by atoms with Crippen LogP contribution in [0.1, 0.15) is 5.56 Å². The van der Waals surface area contributed by atoms with Crippen LogP contribution in [-0.2, 0) is 4.79 Å². The molecule has 0 aliphatic carbocycles. The van der Waals surface area contributed by atoms with Crippen molar-refractivity contribution in [3.05, 3.63) is 82.7 Å². The topological polar surface area (TPSA) is 84.1 Å². The van der Waals surface area contributed by atoms with Crippen molar-refractivity contribution in [2.75, 3.05) is 12.4 Å². The first-order chi connectivity index (χ1) is 12.7. The van der Waals surface area contributed by atoms with E-state index in [2.05, 4.69) is 15.5 Å². The third-order valence-corrected chi connectivity index (χ3v) is 3.68. The summed E-state index contributed by atoms with van der Waals surface area (Å²) in [4.78, 5) is 23.4. The van der Waals surface area contributed by atoms with Crippen LogP contribution in [0.25, 0.3) is 17.3 Å². The highest BCUT2D eigenvalue weighted by Gasteiger charge is 2.08. The van der Waals surface area contributed by atoms with E-state index in [1.54, 1.807) is 25.3 Å². The fourth-order valence-electron chi connectivity index (χ4n) is 2.37. The van der Waals surface area contributed by atoms with Gasteiger partial charge in [0.2, 0.25) is 5.91 Å². The summed E-state index contributed by atoms with van der Waals surface area (Å²) in [5, 5.41) is 9.23. The molecule has 1 amide bonds. The van der Waals surface area contributed by atoms with E-state index in [9.17, 15) is 9.59 Å². The van der Waals surface area contributed by atoms with Gasteiger partial charge in [-0.2, -0.15) is 5.10 Å². The Morgan fingerprint density at radius 1 is 1.08 bits per heavy atom. The monoisotopic (exact) mass is 347 g/mol. The van der Waals surface area contributed by atoms with Gasteiger partial charge in [0.1, 0.15) is 5.75 Å². The molecule has 0 spiro atoms. The maximum absolute atomic E-state index is 12.2. The number of methoxy groups -OCH3 is 1. The molecule has 1 aromatic heterocycles. The number of carbonyl (C=O) groups is 1. The van der Waals surface area contributed by atoms with Gasteiger partial charge < -0.3 is 10.1 Å². The van der Waals surface area contributed by atoms with Crippen molar-refractivity contribution in [3.8, 4) is 17.0 Å². The molecule has 1 heterocycles. The Kier molecular flexibility index (Phi) is 5.24. The van der Waals surface area contributed by atoms with Crippen LogP contribution >= 0.6 is 0 Å². The maximum atomic E-state index is 12.2. The number of nitrogens with one attached hydrogen (secondary N) is 2. The largest absolute Gasteiger partial charge is 0.497 e. The lowest BCUT2D eigenvalue weighted by Gasteiger charge is -2.08. The molecule has 0 unspecified atom stereocenters. The van der Waals surface area contributed by atoms with Crippen LogP contribution in [0.2, 0.25) is 0 Å². The van der Waals surface area contributed by atoms with E-state index in [0.29, 0.717) is 11.4 Å². The Bertz CT molecular complexity index is 971. The predicted octanol–water partition coefficient (Wildman–Crippen LogP) is 3.10. The van der Waals surface area contributed by atoms with Crippen molar-refractivity contribution in [2.45, 2.75) is 0 Å². The van der Waals surface area contributed by atoms with Crippen LogP contribution in [-0.4, -0.2) is 23.2 Å². The van der Waals surface area contributed by atoms with Crippen LogP contribution < -0.4 is 15.6 Å². The number of aromatic nitrogens is 2. The minimum Gasteiger partial charge on any atom is -0.497 e. The van der Waals surface area contributed by atoms with Crippen molar-refractivity contribution in [3.63, 3.8) is 0 Å². The smallest absolute Gasteiger partial charge is 0.264 e. The zero-order valence-electron chi connectivity index (χ0n) is 14.1. The fraction of sp³-hybridized carbons (Fsp3) is 0.0500. The van der Waals surface area contributed by atoms with E-state index in [0.717, 1.165) is 16.9 Å². The standard InChI is InChI=1S/C20H17N3O3/c1-26-15-9-6-14(7-10-15)8-12-19(24)21-17-5-3-2-4-16(17)18-11-13-20(25)23-22-18/h2-13H,1H3,(H,21,24)(H,23,25). The highest BCUT2D eigenvalue weighted by molar-refractivity contribution is 6.04. The molecule has 3 aromatic rings. The summed E-state index contributed by atoms with van der Waals surface area (Å²) < 4.78 is 5.10. The SMILES string of the molecule is COc1ccc(C=CC(=O)Nc2ccccc2-c2ccc(=O)[nH]n2)cc1. The molecule has 0 saturated heterocycles. The second-order valence-corrected chi connectivity index (χ2v) is 5.45. The summed E-state index contributed by atoms with van der Waals surface area (Å²) in [6.45, 7) is 0. The molecule has 0 radical (unpaired) electrons. The molecular weight excluding hydrogens is 330 g/mol. The molecule has 0 fully saturated rings. The van der Waals surface area contributed by atoms with Crippen molar-refractivity contribution >= 4 is 17.7 Å². The number of anilines is 1. The summed E-state index contributed by atoms with van der Waals surface area (Å²) in [5.41, 5.74) is 2.50. The lowest BCUT2D eigenvalue weighted by Crippen LogP contribution is -2.10. The number of rotatable bonds is 5. The lowest BCUT2D eigenvalue weighted by atomic mass is 10.1. The van der Waals surface area contributed by atoms with Gasteiger partial charge in [0.25, 0.3) is 5.56 Å². The van der Waals surface area contributed by atoms with Gasteiger partial charge in [-0.1, -0.05) is 30.3 Å². The molecule has 3 rings (SSSR count). The van der Waals surface area contributed by atoms with Crippen LogP contribution in [0.4, 0.5) is 5.69 Å². The van der Waals surface area contributed by atoms with Gasteiger partial charge in [-0.25, -0.2) is 5.10 Å². The van der Waals surface area contributed by atoms with Gasteiger partial charge in [-0.15, -0.1) is 0 Å². The van der Waals surface area contributed by atoms with Gasteiger partial charge >= 0.3 is 0 Å². The number of ether oxygens (including phenoxy) is 1. The van der Waals surface area contributed by atoms with Crippen LogP contribution in [0.3, 0.4) is 0 Å². The highest BCUT2D eigenvalue weighted by atomic mass is 16.5. The summed E-state index contributed by atoms with van der Waals surface area (Å²) in [6.07, 6.45) is 3.18. The van der Waals surface area contributed by atoms with Crippen LogP contribution in [0.15, 0.2) is 71.5 Å². The summed E-state index contributed by atoms with van der Waals surface area (Å²) in [6, 6.07) is 17.6. The molecule has 2 aromatic carbocycles. The number of aromatic amines is 1. The Hall–Kier alpha value is -3.67. The molecule has 0 aliphatic rings. The Balaban J connectivity index is 1.76. The highest BCUT2D eigenvalue weighted by Crippen LogP contribution is 2.25. The minimum absolute atomic E-state index is 0.266. The van der Waals surface area contributed by atoms with Gasteiger partial charge in [-0.05, 0) is 35.9 Å². The first-order valence-electron chi connectivity index (χ1n) is 7.94. The number of H-pyrrole nitrogens is 1. The van der Waals surface area contributed by atoms with Crippen molar-refractivity contribution in [1.82, 2.24) is 10.2 Å². The zero-order chi connectivity index (χ0) is 18.4. The van der Waals surface area contributed by atoms with Gasteiger partial charge in [0.15, 0.2) is 0 Å². The molecule has 130 valence electrons. The molecule has 0 bridgehead atoms. The molecule has 2 N–H and O–H groups in total. The Morgan fingerprint density at radius 2 is 1.85 bits per heavy atom. The predicted molar refractivity (Wildman–Crippen MR) is 101 cm³/mol. The number of nitrogens with zero attached hydrogens (tertiary/aromatic N) is 1. The number of para-hydroxylation sites is 1. The second-order valence-electron chi connectivity index (χ2n) is 5.45. The van der Waals surface area contributed by atoms with E-state index >= 15 is 0 Å². The molecular formula is C20H17N3O3. The molecule has 0 aliphatic heterocycles. The number of amides is 1. The van der Waals surface area contributed by atoms with Crippen molar-refractivity contribution < 1.29 is 9.53 Å². The Labute approximate surface area is 150 Å². The van der Waals surface area contributed by atoms with Crippen molar-refractivity contribution in [1.29, 1.82) is 0 Å². The average molecular weight is 347 g/mol. The molecule has 0 saturated carbocycles. The Morgan fingerprint density at radius 3 is 2.54 bits per heavy atom. The summed E-state index contributed by atoms with van der Waals surface area (Å²) in [7, 11) is 1.60. The van der Waals surface area contributed by atoms with Gasteiger partial charge in [-0.3, -0.25) is 9.59 Å². The third kappa shape index (κ3) is 4.24. The minimum atomic E-state index is -0.280. The second kappa shape index (κ2) is 7.94. The molecule has 0 atom stereocenters. The number of hydrogen-bond acceptors (Lipinski definition) is 4. The van der Waals surface area contributed by atoms with Crippen LogP contribution in [0.5, 0.6) is 5.75 Å².